The molecule has 5 heteroatoms. The summed E-state index contributed by atoms with van der Waals surface area (Å²) in [6, 6.07) is 15.5. The summed E-state index contributed by atoms with van der Waals surface area (Å²) in [7, 11) is 0. The summed E-state index contributed by atoms with van der Waals surface area (Å²) in [6.45, 7) is 6.25. The Morgan fingerprint density at radius 2 is 1.82 bits per heavy atom. The molecule has 1 aliphatic rings. The van der Waals surface area contributed by atoms with Crippen LogP contribution in [0.15, 0.2) is 60.2 Å². The van der Waals surface area contributed by atoms with E-state index in [1.165, 1.54) is 4.90 Å². The van der Waals surface area contributed by atoms with Crippen molar-refractivity contribution in [3.05, 3.63) is 71.3 Å². The van der Waals surface area contributed by atoms with Gasteiger partial charge in [0.05, 0.1) is 17.7 Å². The lowest BCUT2D eigenvalue weighted by Gasteiger charge is -2.25. The predicted octanol–water partition coefficient (Wildman–Crippen LogP) is 4.31. The number of carbonyl (C=O) groups excluding carboxylic acids is 2. The summed E-state index contributed by atoms with van der Waals surface area (Å²) in [6.07, 6.45) is 0.707. The van der Waals surface area contributed by atoms with Gasteiger partial charge in [-0.3, -0.25) is 9.59 Å². The zero-order valence-electron chi connectivity index (χ0n) is 16.4. The molecule has 2 aromatic rings. The maximum atomic E-state index is 12.8. The summed E-state index contributed by atoms with van der Waals surface area (Å²) >= 11 is 0. The monoisotopic (exact) mass is 379 g/mol. The van der Waals surface area contributed by atoms with Crippen LogP contribution < -0.4 is 4.74 Å². The topological polar surface area (TPSA) is 66.8 Å². The van der Waals surface area contributed by atoms with Gasteiger partial charge in [0.2, 0.25) is 0 Å². The van der Waals surface area contributed by atoms with Crippen molar-refractivity contribution in [2.45, 2.75) is 39.3 Å². The van der Waals surface area contributed by atoms with E-state index in [9.17, 15) is 14.7 Å². The van der Waals surface area contributed by atoms with Crippen molar-refractivity contribution in [3.63, 3.8) is 0 Å². The van der Waals surface area contributed by atoms with Crippen LogP contribution in [0, 0.1) is 0 Å². The summed E-state index contributed by atoms with van der Waals surface area (Å²) in [5.41, 5.74) is 1.37. The summed E-state index contributed by atoms with van der Waals surface area (Å²) in [5, 5.41) is 10.9. The Bertz CT molecular complexity index is 902. The van der Waals surface area contributed by atoms with Gasteiger partial charge in [-0.15, -0.1) is 0 Å². The highest BCUT2D eigenvalue weighted by molar-refractivity contribution is 6.46. The SMILES string of the molecule is CCCN1C(=O)C(=O)/C(=C(\O)c2ccccc2)C1c1cccc(OC(C)C)c1. The third kappa shape index (κ3) is 3.79. The number of ketones is 1. The number of carbonyl (C=O) groups is 2. The van der Waals surface area contributed by atoms with Gasteiger partial charge in [0.1, 0.15) is 11.5 Å². The molecule has 5 nitrogen and oxygen atoms in total. The minimum atomic E-state index is -0.657. The number of aliphatic hydroxyl groups excluding tert-OH is 1. The van der Waals surface area contributed by atoms with E-state index < -0.39 is 17.7 Å². The van der Waals surface area contributed by atoms with Crippen molar-refractivity contribution in [1.82, 2.24) is 4.90 Å². The number of nitrogens with zero attached hydrogens (tertiary/aromatic N) is 1. The van der Waals surface area contributed by atoms with Gasteiger partial charge in [-0.25, -0.2) is 0 Å². The van der Waals surface area contributed by atoms with E-state index >= 15 is 0 Å². The number of ether oxygens (including phenoxy) is 1. The first-order chi connectivity index (χ1) is 13.4. The van der Waals surface area contributed by atoms with Crippen molar-refractivity contribution >= 4 is 17.4 Å². The van der Waals surface area contributed by atoms with Gasteiger partial charge < -0.3 is 14.7 Å². The first-order valence-electron chi connectivity index (χ1n) is 9.54. The molecule has 1 unspecified atom stereocenters. The van der Waals surface area contributed by atoms with E-state index in [0.717, 1.165) is 5.56 Å². The average Bonchev–Trinajstić information content (AvgIpc) is 2.93. The maximum Gasteiger partial charge on any atom is 0.295 e. The molecular weight excluding hydrogens is 354 g/mol. The Morgan fingerprint density at radius 3 is 2.46 bits per heavy atom. The molecule has 3 rings (SSSR count). The van der Waals surface area contributed by atoms with Crippen LogP contribution in [0.4, 0.5) is 0 Å². The number of Topliss-reactive ketones (excluding diaryl/α,β-unsaturated/α-hetero) is 1. The number of hydrogen-bond acceptors (Lipinski definition) is 4. The zero-order valence-corrected chi connectivity index (χ0v) is 16.4. The van der Waals surface area contributed by atoms with Crippen LogP contribution in [0.2, 0.25) is 0 Å². The highest BCUT2D eigenvalue weighted by Crippen LogP contribution is 2.40. The molecule has 0 radical (unpaired) electrons. The number of likely N-dealkylation sites (tertiary alicyclic amines) is 1. The second-order valence-electron chi connectivity index (χ2n) is 7.10. The Labute approximate surface area is 165 Å². The molecule has 1 atom stereocenters. The standard InChI is InChI=1S/C23H25NO4/c1-4-13-24-20(17-11-8-12-18(14-17)28-15(2)3)19(22(26)23(24)27)21(25)16-9-6-5-7-10-16/h5-12,14-15,20,25H,4,13H2,1-3H3/b21-19-. The zero-order chi connectivity index (χ0) is 20.3. The molecule has 1 saturated heterocycles. The highest BCUT2D eigenvalue weighted by atomic mass is 16.5. The van der Waals surface area contributed by atoms with Crippen molar-refractivity contribution in [2.75, 3.05) is 6.54 Å². The van der Waals surface area contributed by atoms with Crippen molar-refractivity contribution < 1.29 is 19.4 Å². The molecule has 1 aliphatic heterocycles. The molecule has 1 fully saturated rings. The third-order valence-electron chi connectivity index (χ3n) is 4.60. The van der Waals surface area contributed by atoms with Gasteiger partial charge >= 0.3 is 0 Å². The minimum absolute atomic E-state index is 0.00145. The molecule has 2 aromatic carbocycles. The van der Waals surface area contributed by atoms with Crippen LogP contribution in [-0.4, -0.2) is 34.3 Å². The molecule has 0 saturated carbocycles. The number of rotatable bonds is 6. The highest BCUT2D eigenvalue weighted by Gasteiger charge is 2.45. The molecule has 0 aromatic heterocycles. The lowest BCUT2D eigenvalue weighted by atomic mass is 9.95. The second-order valence-corrected chi connectivity index (χ2v) is 7.10. The molecule has 28 heavy (non-hydrogen) atoms. The van der Waals surface area contributed by atoms with Gasteiger partial charge in [0.15, 0.2) is 0 Å². The molecule has 1 amide bonds. The molecule has 146 valence electrons. The van der Waals surface area contributed by atoms with E-state index in [0.29, 0.717) is 24.3 Å². The summed E-state index contributed by atoms with van der Waals surface area (Å²) in [5.74, 6) is -0.735. The van der Waals surface area contributed by atoms with Crippen molar-refractivity contribution in [1.29, 1.82) is 0 Å². The minimum Gasteiger partial charge on any atom is -0.507 e. The number of amides is 1. The summed E-state index contributed by atoms with van der Waals surface area (Å²) < 4.78 is 5.78. The molecule has 0 aliphatic carbocycles. The van der Waals surface area contributed by atoms with Crippen LogP contribution in [-0.2, 0) is 9.59 Å². The van der Waals surface area contributed by atoms with Crippen LogP contribution in [0.5, 0.6) is 5.75 Å². The number of aliphatic hydroxyl groups is 1. The van der Waals surface area contributed by atoms with Gasteiger partial charge in [-0.1, -0.05) is 49.4 Å². The average molecular weight is 379 g/mol. The number of hydrogen-bond donors (Lipinski definition) is 1. The van der Waals surface area contributed by atoms with E-state index in [-0.39, 0.29) is 17.4 Å². The normalized spacial score (nSPS) is 18.7. The lowest BCUT2D eigenvalue weighted by Crippen LogP contribution is -2.30. The number of benzene rings is 2. The quantitative estimate of drug-likeness (QED) is 0.461. The smallest absolute Gasteiger partial charge is 0.295 e. The van der Waals surface area contributed by atoms with E-state index in [1.54, 1.807) is 24.3 Å². The van der Waals surface area contributed by atoms with Crippen LogP contribution in [0.1, 0.15) is 44.4 Å². The van der Waals surface area contributed by atoms with Crippen molar-refractivity contribution in [3.8, 4) is 5.75 Å². The van der Waals surface area contributed by atoms with E-state index in [2.05, 4.69) is 0 Å². The first-order valence-corrected chi connectivity index (χ1v) is 9.54. The first kappa shape index (κ1) is 19.7. The van der Waals surface area contributed by atoms with Gasteiger partial charge in [0.25, 0.3) is 11.7 Å². The molecule has 0 bridgehead atoms. The van der Waals surface area contributed by atoms with Crippen LogP contribution >= 0.6 is 0 Å². The fourth-order valence-corrected chi connectivity index (χ4v) is 3.48. The van der Waals surface area contributed by atoms with Gasteiger partial charge in [0, 0.05) is 12.1 Å². The third-order valence-corrected chi connectivity index (χ3v) is 4.60. The molecule has 1 N–H and O–H groups in total. The van der Waals surface area contributed by atoms with E-state index in [4.69, 9.17) is 4.74 Å². The summed E-state index contributed by atoms with van der Waals surface area (Å²) in [4.78, 5) is 27.0. The fraction of sp³-hybridized carbons (Fsp3) is 0.304. The predicted molar refractivity (Wildman–Crippen MR) is 108 cm³/mol. The van der Waals surface area contributed by atoms with E-state index in [1.807, 2.05) is 51.1 Å². The van der Waals surface area contributed by atoms with Gasteiger partial charge in [-0.2, -0.15) is 0 Å². The Kier molecular flexibility index (Phi) is 5.83. The Morgan fingerprint density at radius 1 is 1.11 bits per heavy atom. The maximum absolute atomic E-state index is 12.8. The Hall–Kier alpha value is -3.08. The largest absolute Gasteiger partial charge is 0.507 e. The lowest BCUT2D eigenvalue weighted by molar-refractivity contribution is -0.139. The molecular formula is C23H25NO4. The van der Waals surface area contributed by atoms with Crippen molar-refractivity contribution in [2.24, 2.45) is 0 Å². The van der Waals surface area contributed by atoms with Crippen LogP contribution in [0.25, 0.3) is 5.76 Å². The molecule has 1 heterocycles. The Balaban J connectivity index is 2.15. The fourth-order valence-electron chi connectivity index (χ4n) is 3.48. The van der Waals surface area contributed by atoms with Gasteiger partial charge in [-0.05, 0) is 38.0 Å². The second kappa shape index (κ2) is 8.30. The van der Waals surface area contributed by atoms with Crippen LogP contribution in [0.3, 0.4) is 0 Å². The molecule has 0 spiro atoms.